The first-order valence-electron chi connectivity index (χ1n) is 14.3. The number of anilines is 2. The lowest BCUT2D eigenvalue weighted by molar-refractivity contribution is -0.119. The van der Waals surface area contributed by atoms with Gasteiger partial charge in [0, 0.05) is 25.2 Å². The molecule has 3 fully saturated rings. The van der Waals surface area contributed by atoms with Gasteiger partial charge in [-0.15, -0.1) is 0 Å². The van der Waals surface area contributed by atoms with Crippen LogP contribution in [0.2, 0.25) is 0 Å². The number of sulfone groups is 1. The molecule has 40 heavy (non-hydrogen) atoms. The van der Waals surface area contributed by atoms with Gasteiger partial charge in [-0.3, -0.25) is 9.36 Å². The van der Waals surface area contributed by atoms with Gasteiger partial charge in [0.05, 0.1) is 33.7 Å². The van der Waals surface area contributed by atoms with Gasteiger partial charge >= 0.3 is 0 Å². The molecule has 4 heterocycles. The lowest BCUT2D eigenvalue weighted by Crippen LogP contribution is -2.19. The molecular weight excluding hydrogens is 528 g/mol. The number of Topliss-reactive ketones (excluding diaryl/α,β-unsaturated/α-hetero) is 1. The van der Waals surface area contributed by atoms with E-state index in [0.717, 1.165) is 56.3 Å². The Hall–Kier alpha value is -2.82. The number of ether oxygens (including phenoxy) is 2. The van der Waals surface area contributed by atoms with E-state index >= 15 is 0 Å². The van der Waals surface area contributed by atoms with Gasteiger partial charge in [-0.25, -0.2) is 18.4 Å². The zero-order valence-electron chi connectivity index (χ0n) is 23.7. The molecule has 0 amide bonds. The molecule has 1 aliphatic carbocycles. The second-order valence-corrected chi connectivity index (χ2v) is 14.1. The Balaban J connectivity index is 1.42. The fraction of sp³-hybridized carbons (Fsp3) is 0.567. The summed E-state index contributed by atoms with van der Waals surface area (Å²) in [5.41, 5.74) is 3.60. The van der Waals surface area contributed by atoms with E-state index < -0.39 is 9.84 Å². The molecule has 3 aromatic rings. The number of pyridine rings is 1. The number of aromatic nitrogens is 3. The van der Waals surface area contributed by atoms with E-state index in [1.54, 1.807) is 12.1 Å². The number of carbonyl (C=O) groups is 1. The molecule has 0 spiro atoms. The van der Waals surface area contributed by atoms with Crippen molar-refractivity contribution < 1.29 is 22.7 Å². The fourth-order valence-electron chi connectivity index (χ4n) is 5.92. The molecule has 6 rings (SSSR count). The van der Waals surface area contributed by atoms with Crippen LogP contribution in [-0.4, -0.2) is 47.2 Å². The molecule has 214 valence electrons. The van der Waals surface area contributed by atoms with Crippen LogP contribution >= 0.6 is 0 Å². The summed E-state index contributed by atoms with van der Waals surface area (Å²) in [5.74, 6) is 1.08. The highest BCUT2D eigenvalue weighted by Crippen LogP contribution is 2.41. The maximum absolute atomic E-state index is 13.0. The molecule has 2 saturated heterocycles. The monoisotopic (exact) mass is 566 g/mol. The highest BCUT2D eigenvalue weighted by molar-refractivity contribution is 7.90. The number of nitrogens with zero attached hydrogens (tertiary/aromatic N) is 3. The number of imidazole rings is 1. The maximum Gasteiger partial charge on any atom is 0.177 e. The van der Waals surface area contributed by atoms with Crippen molar-refractivity contribution in [3.63, 3.8) is 0 Å². The number of carbonyl (C=O) groups excluding carboxylic acids is 1. The van der Waals surface area contributed by atoms with Crippen molar-refractivity contribution in [3.05, 3.63) is 41.3 Å². The Kier molecular flexibility index (Phi) is 6.99. The first-order chi connectivity index (χ1) is 19.0. The van der Waals surface area contributed by atoms with Crippen molar-refractivity contribution in [2.45, 2.75) is 95.0 Å². The van der Waals surface area contributed by atoms with Crippen LogP contribution in [0.3, 0.4) is 0 Å². The summed E-state index contributed by atoms with van der Waals surface area (Å²) in [6.45, 7) is 6.72. The van der Waals surface area contributed by atoms with E-state index in [2.05, 4.69) is 19.2 Å². The first-order valence-corrected chi connectivity index (χ1v) is 16.2. The predicted octanol–water partition coefficient (Wildman–Crippen LogP) is 5.74. The third kappa shape index (κ3) is 5.53. The van der Waals surface area contributed by atoms with Crippen molar-refractivity contribution in [3.8, 4) is 0 Å². The molecule has 9 nitrogen and oxygen atoms in total. The van der Waals surface area contributed by atoms with Gasteiger partial charge in [0.15, 0.2) is 15.5 Å². The van der Waals surface area contributed by atoms with Crippen LogP contribution < -0.4 is 5.32 Å². The first kappa shape index (κ1) is 27.4. The zero-order valence-corrected chi connectivity index (χ0v) is 24.5. The standard InChI is InChI=1S/C30H38N4O5S/c1-18-31-28-23(33-22-11-10-20(15-26(22)40(4,36)37)25-12-13-30(2,3)39-25)16-21(17-24(35)19-8-9-19)32-29(28)34(18)27-7-5-6-14-38-27/h10-11,15-16,19,25,27H,5-9,12-14,17H2,1-4H3,(H,32,33)/t25-,27?/m1/s1. The highest BCUT2D eigenvalue weighted by atomic mass is 32.2. The van der Waals surface area contributed by atoms with Crippen LogP contribution in [0.4, 0.5) is 11.4 Å². The van der Waals surface area contributed by atoms with E-state index in [1.807, 2.05) is 23.6 Å². The molecule has 1 unspecified atom stereocenters. The fourth-order valence-corrected chi connectivity index (χ4v) is 6.79. The van der Waals surface area contributed by atoms with Crippen LogP contribution in [-0.2, 0) is 30.5 Å². The van der Waals surface area contributed by atoms with Crippen LogP contribution in [0.5, 0.6) is 0 Å². The summed E-state index contributed by atoms with van der Waals surface area (Å²) < 4.78 is 40.3. The van der Waals surface area contributed by atoms with Gasteiger partial charge in [0.1, 0.15) is 23.4 Å². The summed E-state index contributed by atoms with van der Waals surface area (Å²) >= 11 is 0. The number of ketones is 1. The average Bonchev–Trinajstić information content (AvgIpc) is 3.61. The van der Waals surface area contributed by atoms with E-state index in [9.17, 15) is 13.2 Å². The van der Waals surface area contributed by atoms with E-state index in [-0.39, 0.29) is 41.0 Å². The zero-order chi connectivity index (χ0) is 28.2. The Morgan fingerprint density at radius 3 is 2.55 bits per heavy atom. The van der Waals surface area contributed by atoms with E-state index in [1.165, 1.54) is 6.26 Å². The molecule has 1 saturated carbocycles. The SMILES string of the molecule is Cc1nc2c(Nc3ccc([C@H]4CCC(C)(C)O4)cc3S(C)(=O)=O)cc(CC(=O)C3CC3)nc2n1C1CCCCO1. The lowest BCUT2D eigenvalue weighted by Gasteiger charge is -2.25. The highest BCUT2D eigenvalue weighted by Gasteiger charge is 2.34. The Morgan fingerprint density at radius 1 is 1.10 bits per heavy atom. The largest absolute Gasteiger partial charge is 0.368 e. The normalized spacial score (nSPS) is 23.0. The molecule has 2 aromatic heterocycles. The summed E-state index contributed by atoms with van der Waals surface area (Å²) in [5, 5.41) is 3.37. The minimum absolute atomic E-state index is 0.120. The van der Waals surface area contributed by atoms with Gasteiger partial charge in [0.2, 0.25) is 0 Å². The van der Waals surface area contributed by atoms with Crippen LogP contribution in [0, 0.1) is 12.8 Å². The average molecular weight is 567 g/mol. The second kappa shape index (κ2) is 10.2. The van der Waals surface area contributed by atoms with Crippen molar-refractivity contribution in [1.82, 2.24) is 14.5 Å². The number of fused-ring (bicyclic) bond motifs is 1. The number of hydrogen-bond acceptors (Lipinski definition) is 8. The summed E-state index contributed by atoms with van der Waals surface area (Å²) in [6.07, 6.45) is 7.70. The summed E-state index contributed by atoms with van der Waals surface area (Å²) in [4.78, 5) is 22.7. The number of benzene rings is 1. The van der Waals surface area contributed by atoms with Gasteiger partial charge in [-0.05, 0) is 89.5 Å². The molecule has 1 N–H and O–H groups in total. The molecule has 2 atom stereocenters. The molecule has 3 aliphatic rings. The van der Waals surface area contributed by atoms with Gasteiger partial charge < -0.3 is 14.8 Å². The summed E-state index contributed by atoms with van der Waals surface area (Å²) in [6, 6.07) is 7.29. The minimum Gasteiger partial charge on any atom is -0.368 e. The number of nitrogens with one attached hydrogen (secondary N) is 1. The molecule has 2 aliphatic heterocycles. The van der Waals surface area contributed by atoms with Gasteiger partial charge in [-0.1, -0.05) is 6.07 Å². The van der Waals surface area contributed by atoms with Crippen molar-refractivity contribution in [2.24, 2.45) is 5.92 Å². The third-order valence-corrected chi connectivity index (χ3v) is 9.36. The smallest absolute Gasteiger partial charge is 0.177 e. The number of aryl methyl sites for hydroxylation is 1. The molecule has 10 heteroatoms. The van der Waals surface area contributed by atoms with Crippen LogP contribution in [0.1, 0.15) is 88.2 Å². The topological polar surface area (TPSA) is 112 Å². The van der Waals surface area contributed by atoms with Crippen LogP contribution in [0.15, 0.2) is 29.2 Å². The van der Waals surface area contributed by atoms with E-state index in [0.29, 0.717) is 34.8 Å². The van der Waals surface area contributed by atoms with Crippen molar-refractivity contribution in [2.75, 3.05) is 18.2 Å². The molecular formula is C30H38N4O5S. The minimum atomic E-state index is -3.57. The Bertz CT molecular complexity index is 1570. The quantitative estimate of drug-likeness (QED) is 0.367. The van der Waals surface area contributed by atoms with Crippen LogP contribution in [0.25, 0.3) is 11.2 Å². The Labute approximate surface area is 235 Å². The second-order valence-electron chi connectivity index (χ2n) is 12.2. The number of hydrogen-bond donors (Lipinski definition) is 1. The van der Waals surface area contributed by atoms with Gasteiger partial charge in [-0.2, -0.15) is 0 Å². The molecule has 1 aromatic carbocycles. The third-order valence-electron chi connectivity index (χ3n) is 8.23. The van der Waals surface area contributed by atoms with Gasteiger partial charge in [0.25, 0.3) is 0 Å². The summed E-state index contributed by atoms with van der Waals surface area (Å²) in [7, 11) is -3.57. The molecule has 0 bridgehead atoms. The van der Waals surface area contributed by atoms with E-state index in [4.69, 9.17) is 19.4 Å². The molecule has 0 radical (unpaired) electrons. The Morgan fingerprint density at radius 2 is 1.90 bits per heavy atom. The maximum atomic E-state index is 13.0. The lowest BCUT2D eigenvalue weighted by atomic mass is 10.0. The number of rotatable bonds is 8. The van der Waals surface area contributed by atoms with Crippen molar-refractivity contribution in [1.29, 1.82) is 0 Å². The predicted molar refractivity (Wildman–Crippen MR) is 153 cm³/mol. The van der Waals surface area contributed by atoms with Crippen molar-refractivity contribution >= 4 is 38.2 Å².